The molecule has 0 aromatic carbocycles. The van der Waals surface area contributed by atoms with Crippen LogP contribution in [0.2, 0.25) is 0 Å². The minimum absolute atomic E-state index is 0.102. The van der Waals surface area contributed by atoms with Crippen LogP contribution < -0.4 is 5.32 Å². The van der Waals surface area contributed by atoms with Crippen LogP contribution >= 0.6 is 11.3 Å². The first-order valence-electron chi connectivity index (χ1n) is 7.30. The van der Waals surface area contributed by atoms with Gasteiger partial charge in [0, 0.05) is 30.9 Å². The van der Waals surface area contributed by atoms with Crippen molar-refractivity contribution < 1.29 is 4.79 Å². The highest BCUT2D eigenvalue weighted by molar-refractivity contribution is 7.07. The Hall–Kier alpha value is -1.88. The van der Waals surface area contributed by atoms with Gasteiger partial charge in [-0.25, -0.2) is 4.98 Å². The Kier molecular flexibility index (Phi) is 4.20. The Bertz CT molecular complexity index is 608. The number of carbonyl (C=O) groups is 1. The van der Waals surface area contributed by atoms with E-state index < -0.39 is 0 Å². The highest BCUT2D eigenvalue weighted by Gasteiger charge is 2.33. The summed E-state index contributed by atoms with van der Waals surface area (Å²) in [6, 6.07) is 6.12. The number of hydrogen-bond acceptors (Lipinski definition) is 4. The SMILES string of the molecule is CCNc1cc(C(=O)N(Cc2ccsc2)C2CC2)ccn1. The minimum atomic E-state index is 0.102. The number of hydrogen-bond donors (Lipinski definition) is 1. The van der Waals surface area contributed by atoms with Crippen molar-refractivity contribution in [2.24, 2.45) is 0 Å². The van der Waals surface area contributed by atoms with Crippen LogP contribution in [0.15, 0.2) is 35.2 Å². The fourth-order valence-electron chi connectivity index (χ4n) is 2.34. The van der Waals surface area contributed by atoms with Gasteiger partial charge in [0.1, 0.15) is 5.82 Å². The molecule has 0 aliphatic heterocycles. The maximum Gasteiger partial charge on any atom is 0.254 e. The first-order chi connectivity index (χ1) is 10.3. The maximum atomic E-state index is 12.8. The first kappa shape index (κ1) is 14.1. The molecule has 110 valence electrons. The van der Waals surface area contributed by atoms with E-state index in [-0.39, 0.29) is 5.91 Å². The van der Waals surface area contributed by atoms with Gasteiger partial charge in [-0.1, -0.05) is 0 Å². The molecule has 21 heavy (non-hydrogen) atoms. The van der Waals surface area contributed by atoms with Crippen LogP contribution in [0.3, 0.4) is 0 Å². The topological polar surface area (TPSA) is 45.2 Å². The number of rotatable bonds is 6. The van der Waals surface area contributed by atoms with Crippen molar-refractivity contribution in [3.05, 3.63) is 46.3 Å². The molecule has 2 heterocycles. The summed E-state index contributed by atoms with van der Waals surface area (Å²) in [5.41, 5.74) is 1.92. The molecule has 0 saturated heterocycles. The molecular weight excluding hydrogens is 282 g/mol. The summed E-state index contributed by atoms with van der Waals surface area (Å²) in [4.78, 5) is 19.0. The summed E-state index contributed by atoms with van der Waals surface area (Å²) in [7, 11) is 0. The number of nitrogens with one attached hydrogen (secondary N) is 1. The molecule has 2 aromatic rings. The fraction of sp³-hybridized carbons (Fsp3) is 0.375. The lowest BCUT2D eigenvalue weighted by molar-refractivity contribution is 0.0730. The van der Waals surface area contributed by atoms with E-state index in [4.69, 9.17) is 0 Å². The van der Waals surface area contributed by atoms with Crippen molar-refractivity contribution in [3.8, 4) is 0 Å². The number of pyridine rings is 1. The van der Waals surface area contributed by atoms with Gasteiger partial charge in [0.15, 0.2) is 0 Å². The lowest BCUT2D eigenvalue weighted by Crippen LogP contribution is -2.32. The molecule has 1 aliphatic rings. The molecule has 2 aromatic heterocycles. The van der Waals surface area contributed by atoms with Gasteiger partial charge in [-0.05, 0) is 54.3 Å². The predicted molar refractivity (Wildman–Crippen MR) is 85.6 cm³/mol. The van der Waals surface area contributed by atoms with Crippen molar-refractivity contribution in [2.45, 2.75) is 32.4 Å². The fourth-order valence-corrected chi connectivity index (χ4v) is 3.00. The van der Waals surface area contributed by atoms with E-state index in [1.807, 2.05) is 17.9 Å². The third-order valence-corrected chi connectivity index (χ3v) is 4.28. The Morgan fingerprint density at radius 2 is 2.33 bits per heavy atom. The molecule has 1 fully saturated rings. The number of aromatic nitrogens is 1. The Balaban J connectivity index is 1.79. The quantitative estimate of drug-likeness (QED) is 0.889. The van der Waals surface area contributed by atoms with E-state index in [9.17, 15) is 4.79 Å². The highest BCUT2D eigenvalue weighted by atomic mass is 32.1. The van der Waals surface area contributed by atoms with Crippen molar-refractivity contribution in [1.29, 1.82) is 0 Å². The molecule has 3 rings (SSSR count). The Morgan fingerprint density at radius 3 is 3.00 bits per heavy atom. The molecule has 4 nitrogen and oxygen atoms in total. The average Bonchev–Trinajstić information content (AvgIpc) is 3.21. The normalized spacial score (nSPS) is 14.0. The van der Waals surface area contributed by atoms with Crippen molar-refractivity contribution in [1.82, 2.24) is 9.88 Å². The predicted octanol–water partition coefficient (Wildman–Crippen LogP) is 3.38. The molecule has 1 aliphatic carbocycles. The zero-order chi connectivity index (χ0) is 14.7. The summed E-state index contributed by atoms with van der Waals surface area (Å²) in [6.45, 7) is 3.51. The van der Waals surface area contributed by atoms with E-state index in [2.05, 4.69) is 27.1 Å². The third kappa shape index (κ3) is 3.42. The van der Waals surface area contributed by atoms with Gasteiger partial charge in [0.2, 0.25) is 0 Å². The molecular formula is C16H19N3OS. The van der Waals surface area contributed by atoms with Gasteiger partial charge >= 0.3 is 0 Å². The zero-order valence-electron chi connectivity index (χ0n) is 12.1. The van der Waals surface area contributed by atoms with Gasteiger partial charge in [-0.2, -0.15) is 11.3 Å². The Morgan fingerprint density at radius 1 is 1.48 bits per heavy atom. The van der Waals surface area contributed by atoms with Crippen molar-refractivity contribution in [2.75, 3.05) is 11.9 Å². The highest BCUT2D eigenvalue weighted by Crippen LogP contribution is 2.30. The maximum absolute atomic E-state index is 12.8. The van der Waals surface area contributed by atoms with Gasteiger partial charge in [0.25, 0.3) is 5.91 Å². The summed E-state index contributed by atoms with van der Waals surface area (Å²) >= 11 is 1.67. The second-order valence-electron chi connectivity index (χ2n) is 5.26. The van der Waals surface area contributed by atoms with Gasteiger partial charge < -0.3 is 10.2 Å². The van der Waals surface area contributed by atoms with Crippen LogP contribution in [0.5, 0.6) is 0 Å². The Labute approximate surface area is 128 Å². The molecule has 5 heteroatoms. The number of nitrogens with zero attached hydrogens (tertiary/aromatic N) is 2. The second-order valence-corrected chi connectivity index (χ2v) is 6.04. The molecule has 1 saturated carbocycles. The lowest BCUT2D eigenvalue weighted by Gasteiger charge is -2.22. The van der Waals surface area contributed by atoms with Gasteiger partial charge in [0.05, 0.1) is 0 Å². The van der Waals surface area contributed by atoms with E-state index in [0.29, 0.717) is 18.2 Å². The third-order valence-electron chi connectivity index (χ3n) is 3.55. The van der Waals surface area contributed by atoms with Crippen molar-refractivity contribution >= 4 is 23.1 Å². The molecule has 0 atom stereocenters. The summed E-state index contributed by atoms with van der Waals surface area (Å²) in [6.07, 6.45) is 3.92. The summed E-state index contributed by atoms with van der Waals surface area (Å²) in [5.74, 6) is 0.861. The molecule has 1 amide bonds. The van der Waals surface area contributed by atoms with Crippen LogP contribution in [-0.2, 0) is 6.54 Å². The molecule has 0 bridgehead atoms. The van der Waals surface area contributed by atoms with Crippen LogP contribution in [0.1, 0.15) is 35.7 Å². The van der Waals surface area contributed by atoms with Gasteiger partial charge in [-0.3, -0.25) is 4.79 Å². The molecule has 0 unspecified atom stereocenters. The van der Waals surface area contributed by atoms with Crippen molar-refractivity contribution in [3.63, 3.8) is 0 Å². The van der Waals surface area contributed by atoms with E-state index in [1.54, 1.807) is 23.6 Å². The van der Waals surface area contributed by atoms with E-state index in [1.165, 1.54) is 5.56 Å². The minimum Gasteiger partial charge on any atom is -0.370 e. The standard InChI is InChI=1S/C16H19N3OS/c1-2-17-15-9-13(5-7-18-15)16(20)19(14-3-4-14)10-12-6-8-21-11-12/h5-9,11,14H,2-4,10H2,1H3,(H,17,18). The molecule has 1 N–H and O–H groups in total. The molecule has 0 spiro atoms. The van der Waals surface area contributed by atoms with E-state index >= 15 is 0 Å². The first-order valence-corrected chi connectivity index (χ1v) is 8.24. The zero-order valence-corrected chi connectivity index (χ0v) is 12.9. The van der Waals surface area contributed by atoms with Gasteiger partial charge in [-0.15, -0.1) is 0 Å². The lowest BCUT2D eigenvalue weighted by atomic mass is 10.2. The monoisotopic (exact) mass is 301 g/mol. The van der Waals surface area contributed by atoms with Crippen LogP contribution in [0.4, 0.5) is 5.82 Å². The number of thiophene rings is 1. The molecule has 0 radical (unpaired) electrons. The number of amides is 1. The number of anilines is 1. The van der Waals surface area contributed by atoms with Crippen LogP contribution in [0.25, 0.3) is 0 Å². The van der Waals surface area contributed by atoms with Crippen LogP contribution in [0, 0.1) is 0 Å². The average molecular weight is 301 g/mol. The summed E-state index contributed by atoms with van der Waals surface area (Å²) in [5, 5.41) is 7.32. The number of carbonyl (C=O) groups excluding carboxylic acids is 1. The second kappa shape index (κ2) is 6.26. The smallest absolute Gasteiger partial charge is 0.254 e. The summed E-state index contributed by atoms with van der Waals surface area (Å²) < 4.78 is 0. The van der Waals surface area contributed by atoms with Crippen LogP contribution in [-0.4, -0.2) is 28.4 Å². The largest absolute Gasteiger partial charge is 0.370 e. The van der Waals surface area contributed by atoms with E-state index in [0.717, 1.165) is 25.2 Å².